The number of H-pyrrole nitrogens is 2. The summed E-state index contributed by atoms with van der Waals surface area (Å²) in [7, 11) is 0. The van der Waals surface area contributed by atoms with Gasteiger partial charge in [0.1, 0.15) is 0 Å². The van der Waals surface area contributed by atoms with Crippen molar-refractivity contribution in [2.24, 2.45) is 0 Å². The minimum absolute atomic E-state index is 0.547. The summed E-state index contributed by atoms with van der Waals surface area (Å²) in [6.07, 6.45) is 15.0. The number of rotatable bonds is 6. The normalized spacial score (nSPS) is 9.95. The maximum atomic E-state index is 4.18. The van der Waals surface area contributed by atoms with Gasteiger partial charge in [-0.2, -0.15) is 5.10 Å². The molecule has 0 bridgehead atoms. The van der Waals surface area contributed by atoms with E-state index in [1.165, 1.54) is 55.2 Å². The van der Waals surface area contributed by atoms with Crippen LogP contribution in [0.2, 0.25) is 0 Å². The molecule has 0 unspecified atom stereocenters. The van der Waals surface area contributed by atoms with Crippen LogP contribution in [0.15, 0.2) is 158 Å². The maximum Gasteiger partial charge on any atom is 0.0653 e. The van der Waals surface area contributed by atoms with E-state index in [0.717, 1.165) is 17.6 Å². The highest BCUT2D eigenvalue weighted by Gasteiger charge is 2.07. The monoisotopic (exact) mass is 1020 g/mol. The van der Waals surface area contributed by atoms with Crippen molar-refractivity contribution >= 4 is 27.9 Å². The quantitative estimate of drug-likeness (QED) is 0.174. The fraction of sp³-hybridized carbons (Fsp3) is 0.443. The molecule has 5 heteroatoms. The predicted octanol–water partition coefficient (Wildman–Crippen LogP) is 22.7. The molecule has 1 aliphatic carbocycles. The van der Waals surface area contributed by atoms with Gasteiger partial charge in [-0.3, -0.25) is 15.1 Å². The highest BCUT2D eigenvalue weighted by Crippen LogP contribution is 2.25. The molecule has 9 rings (SSSR count). The van der Waals surface area contributed by atoms with Crippen molar-refractivity contribution in [1.82, 2.24) is 25.1 Å². The van der Waals surface area contributed by atoms with E-state index in [1.54, 1.807) is 6.20 Å². The lowest BCUT2D eigenvalue weighted by Crippen LogP contribution is -1.89. The van der Waals surface area contributed by atoms with Crippen LogP contribution in [0.25, 0.3) is 27.9 Å². The molecule has 8 aromatic rings. The Hall–Kier alpha value is -6.07. The van der Waals surface area contributed by atoms with Crippen LogP contribution in [-0.2, 0) is 6.42 Å². The van der Waals surface area contributed by atoms with Crippen molar-refractivity contribution in [3.8, 4) is 0 Å². The van der Waals surface area contributed by atoms with E-state index >= 15 is 0 Å². The third-order valence-electron chi connectivity index (χ3n) is 11.0. The molecule has 0 saturated carbocycles. The molecule has 414 valence electrons. The second-order valence-electron chi connectivity index (χ2n) is 17.9. The topological polar surface area (TPSA) is 70.2 Å². The fourth-order valence-corrected chi connectivity index (χ4v) is 6.82. The number of hydrogen-bond donors (Lipinski definition) is 2. The van der Waals surface area contributed by atoms with Gasteiger partial charge in [0.15, 0.2) is 0 Å². The Morgan fingerprint density at radius 1 is 0.427 bits per heavy atom. The highest BCUT2D eigenvalue weighted by molar-refractivity contribution is 5.82. The van der Waals surface area contributed by atoms with E-state index < -0.39 is 0 Å². The zero-order chi connectivity index (χ0) is 57.7. The number of benzene rings is 4. The molecule has 4 heterocycles. The third-order valence-corrected chi connectivity index (χ3v) is 11.0. The second-order valence-corrected chi connectivity index (χ2v) is 17.9. The van der Waals surface area contributed by atoms with Crippen LogP contribution in [0.1, 0.15) is 246 Å². The molecule has 1 aliphatic rings. The van der Waals surface area contributed by atoms with Crippen molar-refractivity contribution in [2.75, 3.05) is 0 Å². The Bertz CT molecular complexity index is 2380. The number of aromatic amines is 2. The average Bonchev–Trinajstić information content (AvgIpc) is 4.28. The highest BCUT2D eigenvalue weighted by atomic mass is 15.1. The first kappa shape index (κ1) is 73.2. The van der Waals surface area contributed by atoms with Gasteiger partial charge in [-0.05, 0) is 123 Å². The van der Waals surface area contributed by atoms with Gasteiger partial charge in [0, 0.05) is 41.4 Å². The molecule has 4 aromatic carbocycles. The third kappa shape index (κ3) is 29.6. The first-order chi connectivity index (χ1) is 36.2. The molecule has 0 spiro atoms. The lowest BCUT2D eigenvalue weighted by atomic mass is 9.99. The standard InChI is InChI=1S/C12H14.C11H13N.C10H12N2.C9H12.2C8H11N.6C2H6/c1-9(2)11-7-6-10-4-3-5-12(10)8-11;1-8(2)10-4-3-9-5-6-12-11(9)7-10;1-7(2)8-4-3-5-10-9(8)6-11-12-10;1-8(2)9-6-4-3-5-7-9;1-7(2)8-4-3-5-9-6-8;1-7(2)8-5-3-4-6-9-8;6*1-2/h3,5-9H,4H2,1-2H3;3-8,12H,1-2H3;3-7H,1-2H3,(H,11,12);3-8H,1-2H3;2*3-7H,1-2H3;6*1-2H3. The van der Waals surface area contributed by atoms with Crippen LogP contribution in [0.5, 0.6) is 0 Å². The van der Waals surface area contributed by atoms with Gasteiger partial charge in [-0.1, -0.05) is 263 Å². The molecule has 75 heavy (non-hydrogen) atoms. The summed E-state index contributed by atoms with van der Waals surface area (Å²) in [6.45, 7) is 50.3. The van der Waals surface area contributed by atoms with E-state index in [1.807, 2.05) is 144 Å². The summed E-state index contributed by atoms with van der Waals surface area (Å²) in [5.74, 6) is 3.62. The number of hydrogen-bond acceptors (Lipinski definition) is 3. The first-order valence-corrected chi connectivity index (χ1v) is 28.9. The van der Waals surface area contributed by atoms with E-state index in [4.69, 9.17) is 0 Å². The molecule has 2 N–H and O–H groups in total. The molecule has 0 aliphatic heterocycles. The lowest BCUT2D eigenvalue weighted by Gasteiger charge is -2.07. The number of nitrogens with one attached hydrogen (secondary N) is 2. The maximum absolute atomic E-state index is 4.18. The van der Waals surface area contributed by atoms with E-state index in [0.29, 0.717) is 35.5 Å². The molecule has 0 amide bonds. The summed E-state index contributed by atoms with van der Waals surface area (Å²) in [4.78, 5) is 11.4. The van der Waals surface area contributed by atoms with Crippen LogP contribution < -0.4 is 0 Å². The van der Waals surface area contributed by atoms with Crippen molar-refractivity contribution < 1.29 is 0 Å². The summed E-state index contributed by atoms with van der Waals surface area (Å²) in [6, 6.07) is 42.3. The zero-order valence-electron chi connectivity index (χ0n) is 52.1. The smallest absolute Gasteiger partial charge is 0.0653 e. The summed E-state index contributed by atoms with van der Waals surface area (Å²) in [5.41, 5.74) is 13.3. The Kier molecular flexibility index (Phi) is 45.3. The zero-order valence-corrected chi connectivity index (χ0v) is 52.1. The van der Waals surface area contributed by atoms with Crippen LogP contribution in [0.4, 0.5) is 0 Å². The number of allylic oxidation sites excluding steroid dienone is 1. The first-order valence-electron chi connectivity index (χ1n) is 28.9. The SMILES string of the molecule is CC.CC.CC.CC.CC.CC.CC(C)c1ccc2c(c1)C=CC2.CC(C)c1ccc2cc[nH]c2c1.CC(C)c1cccc2[nH]ncc12.CC(C)c1ccccc1.CC(C)c1ccccn1.CC(C)c1cccnc1. The molecule has 0 saturated heterocycles. The predicted molar refractivity (Wildman–Crippen MR) is 341 cm³/mol. The Balaban J connectivity index is -0.000000799. The van der Waals surface area contributed by atoms with E-state index in [2.05, 4.69) is 205 Å². The Morgan fingerprint density at radius 2 is 0.987 bits per heavy atom. The van der Waals surface area contributed by atoms with Gasteiger partial charge in [0.05, 0.1) is 11.7 Å². The molecular formula is C70H109N5. The number of aromatic nitrogens is 5. The summed E-state index contributed by atoms with van der Waals surface area (Å²) >= 11 is 0. The van der Waals surface area contributed by atoms with Crippen LogP contribution in [0.3, 0.4) is 0 Å². The van der Waals surface area contributed by atoms with Gasteiger partial charge in [0.25, 0.3) is 0 Å². The molecular weight excluding hydrogens is 911 g/mol. The van der Waals surface area contributed by atoms with Gasteiger partial charge in [-0.15, -0.1) is 0 Å². The van der Waals surface area contributed by atoms with Crippen molar-refractivity contribution in [3.63, 3.8) is 0 Å². The fourth-order valence-electron chi connectivity index (χ4n) is 6.82. The van der Waals surface area contributed by atoms with Crippen molar-refractivity contribution in [2.45, 2.75) is 208 Å². The summed E-state index contributed by atoms with van der Waals surface area (Å²) in [5, 5.41) is 9.52. The van der Waals surface area contributed by atoms with Crippen LogP contribution in [0, 0.1) is 0 Å². The minimum Gasteiger partial charge on any atom is -0.361 e. The van der Waals surface area contributed by atoms with Crippen molar-refractivity contribution in [3.05, 3.63) is 203 Å². The minimum atomic E-state index is 0.547. The molecule has 5 nitrogen and oxygen atoms in total. The number of nitrogens with zero attached hydrogens (tertiary/aromatic N) is 3. The number of pyridine rings is 2. The molecule has 4 aromatic heterocycles. The number of fused-ring (bicyclic) bond motifs is 3. The summed E-state index contributed by atoms with van der Waals surface area (Å²) < 4.78 is 0. The Labute approximate surface area is 462 Å². The van der Waals surface area contributed by atoms with E-state index in [-0.39, 0.29) is 0 Å². The molecule has 0 radical (unpaired) electrons. The molecule has 0 fully saturated rings. The van der Waals surface area contributed by atoms with E-state index in [9.17, 15) is 0 Å². The van der Waals surface area contributed by atoms with Crippen molar-refractivity contribution in [1.29, 1.82) is 0 Å². The van der Waals surface area contributed by atoms with Gasteiger partial charge < -0.3 is 4.98 Å². The average molecular weight is 1020 g/mol. The van der Waals surface area contributed by atoms with Crippen LogP contribution in [-0.4, -0.2) is 25.1 Å². The van der Waals surface area contributed by atoms with Crippen LogP contribution >= 0.6 is 0 Å². The molecule has 0 atom stereocenters. The Morgan fingerprint density at radius 3 is 1.47 bits per heavy atom. The van der Waals surface area contributed by atoms with Gasteiger partial charge in [0.2, 0.25) is 0 Å². The van der Waals surface area contributed by atoms with Gasteiger partial charge in [-0.25, -0.2) is 0 Å². The lowest BCUT2D eigenvalue weighted by molar-refractivity contribution is 0.823. The largest absolute Gasteiger partial charge is 0.361 e. The van der Waals surface area contributed by atoms with Gasteiger partial charge >= 0.3 is 0 Å². The second kappa shape index (κ2) is 46.5.